The number of nitrogens with two attached hydrogens (primary N) is 3. The molecule has 1 saturated carbocycles. The lowest BCUT2D eigenvalue weighted by atomic mass is 9.79. The number of hydrogen-bond donors (Lipinski definition) is 6. The number of hydrogen-bond acceptors (Lipinski definition) is 5. The van der Waals surface area contributed by atoms with Crippen LogP contribution in [-0.2, 0) is 4.79 Å². The Labute approximate surface area is 185 Å². The van der Waals surface area contributed by atoms with E-state index in [9.17, 15) is 13.6 Å². The number of carbonyl (C=O) groups excluding carboxylic acids is 1. The highest BCUT2D eigenvalue weighted by Gasteiger charge is 2.34. The molecule has 9 N–H and O–H groups in total. The molecule has 1 amide bonds. The topological polar surface area (TPSA) is 146 Å². The first-order valence-corrected chi connectivity index (χ1v) is 10.3. The number of amidine groups is 1. The predicted octanol–water partition coefficient (Wildman–Crippen LogP) is 0.140. The summed E-state index contributed by atoms with van der Waals surface area (Å²) in [5.41, 5.74) is 18.2. The van der Waals surface area contributed by atoms with E-state index in [1.807, 2.05) is 6.07 Å². The standard InChI is InChI=1S/C22H27F2N7O/c23-14-2-1-3-16(10-14)30-15-4-7-22(13-25,8-5-15)29-12-18(21(27)32)20(26)31-17-6-9-28-19(24)11-17/h1-3,6,9-12,15,29-30H,4-5,7-8,13,25H2,(H2,27,32)(H2,26,28,31)/p+1/b18-12+. The number of amides is 1. The minimum Gasteiger partial charge on any atom is -0.383 e. The van der Waals surface area contributed by atoms with Gasteiger partial charge in [-0.05, 0) is 43.9 Å². The molecule has 1 heterocycles. The lowest BCUT2D eigenvalue weighted by Gasteiger charge is -2.40. The van der Waals surface area contributed by atoms with Crippen LogP contribution in [0.5, 0.6) is 0 Å². The van der Waals surface area contributed by atoms with Gasteiger partial charge in [-0.2, -0.15) is 4.39 Å². The highest BCUT2D eigenvalue weighted by atomic mass is 19.1. The zero-order chi connectivity index (χ0) is 23.1. The third-order valence-electron chi connectivity index (χ3n) is 5.61. The lowest BCUT2D eigenvalue weighted by molar-refractivity contribution is -0.354. The number of nitrogens with zero attached hydrogens (tertiary/aromatic N) is 1. The molecule has 0 bridgehead atoms. The zero-order valence-electron chi connectivity index (χ0n) is 17.6. The number of anilines is 1. The Balaban J connectivity index is 1.68. The van der Waals surface area contributed by atoms with Crippen LogP contribution in [0.3, 0.4) is 0 Å². The number of rotatable bonds is 8. The molecule has 1 aromatic carbocycles. The Kier molecular flexibility index (Phi) is 7.37. The van der Waals surface area contributed by atoms with Gasteiger partial charge in [0.2, 0.25) is 5.95 Å². The largest absolute Gasteiger partial charge is 0.383 e. The van der Waals surface area contributed by atoms with Gasteiger partial charge in [-0.25, -0.2) is 14.4 Å². The van der Waals surface area contributed by atoms with Crippen molar-refractivity contribution in [1.29, 1.82) is 0 Å². The molecule has 32 heavy (non-hydrogen) atoms. The summed E-state index contributed by atoms with van der Waals surface area (Å²) in [7, 11) is 0. The summed E-state index contributed by atoms with van der Waals surface area (Å²) in [5.74, 6) is -1.74. The van der Waals surface area contributed by atoms with Gasteiger partial charge in [0.15, 0.2) is 0 Å². The van der Waals surface area contributed by atoms with Crippen molar-refractivity contribution in [3.8, 4) is 0 Å². The summed E-state index contributed by atoms with van der Waals surface area (Å²) >= 11 is 0. The quantitative estimate of drug-likeness (QED) is 0.148. The molecule has 170 valence electrons. The maximum Gasteiger partial charge on any atom is 0.285 e. The number of carbonyl (C=O) groups is 1. The van der Waals surface area contributed by atoms with Gasteiger partial charge in [-0.3, -0.25) is 10.5 Å². The maximum atomic E-state index is 13.4. The summed E-state index contributed by atoms with van der Waals surface area (Å²) in [6.07, 6.45) is 5.78. The van der Waals surface area contributed by atoms with Crippen molar-refractivity contribution in [2.45, 2.75) is 37.3 Å². The first-order chi connectivity index (χ1) is 15.3. The van der Waals surface area contributed by atoms with E-state index in [4.69, 9.17) is 17.2 Å². The van der Waals surface area contributed by atoms with Crippen LogP contribution in [0.15, 0.2) is 54.4 Å². The number of nitrogens with one attached hydrogen (secondary N) is 3. The van der Waals surface area contributed by atoms with Gasteiger partial charge < -0.3 is 22.1 Å². The molecule has 1 fully saturated rings. The van der Waals surface area contributed by atoms with Crippen LogP contribution >= 0.6 is 0 Å². The number of aromatic nitrogens is 1. The molecule has 1 aliphatic carbocycles. The molecule has 10 heteroatoms. The monoisotopic (exact) mass is 444 g/mol. The molecule has 0 saturated heterocycles. The van der Waals surface area contributed by atoms with Crippen molar-refractivity contribution in [1.82, 2.24) is 10.3 Å². The number of pyridine rings is 1. The lowest BCUT2D eigenvalue weighted by Crippen LogP contribution is -2.70. The molecule has 1 aromatic heterocycles. The van der Waals surface area contributed by atoms with Gasteiger partial charge in [0, 0.05) is 48.3 Å². The van der Waals surface area contributed by atoms with E-state index in [1.165, 1.54) is 30.6 Å². The average Bonchev–Trinajstić information content (AvgIpc) is 2.75. The fraction of sp³-hybridized carbons (Fsp3) is 0.318. The van der Waals surface area contributed by atoms with Gasteiger partial charge in [0.25, 0.3) is 11.7 Å². The second kappa shape index (κ2) is 10.2. The van der Waals surface area contributed by atoms with Crippen molar-refractivity contribution < 1.29 is 18.6 Å². The summed E-state index contributed by atoms with van der Waals surface area (Å²) in [6, 6.07) is 9.19. The fourth-order valence-electron chi connectivity index (χ4n) is 3.75. The Bertz CT molecular complexity index is 1020. The van der Waals surface area contributed by atoms with E-state index in [0.29, 0.717) is 12.2 Å². The van der Waals surface area contributed by atoms with Gasteiger partial charge in [0.05, 0.1) is 0 Å². The molecule has 0 unspecified atom stereocenters. The van der Waals surface area contributed by atoms with Crippen LogP contribution < -0.4 is 32.8 Å². The van der Waals surface area contributed by atoms with E-state index < -0.39 is 17.4 Å². The average molecular weight is 445 g/mol. The summed E-state index contributed by atoms with van der Waals surface area (Å²) < 4.78 is 26.7. The van der Waals surface area contributed by atoms with Gasteiger partial charge in [-0.15, -0.1) is 0 Å². The van der Waals surface area contributed by atoms with Crippen molar-refractivity contribution >= 4 is 23.1 Å². The summed E-state index contributed by atoms with van der Waals surface area (Å²) in [5, 5.41) is 6.58. The zero-order valence-corrected chi connectivity index (χ0v) is 17.6. The third kappa shape index (κ3) is 6.01. The summed E-state index contributed by atoms with van der Waals surface area (Å²) in [6.45, 7) is 0.338. The number of halogens is 2. The third-order valence-corrected chi connectivity index (χ3v) is 5.61. The van der Waals surface area contributed by atoms with E-state index >= 15 is 0 Å². The SMILES string of the molecule is NCC1(N/C=C(/C(N)=O)C(N)=[NH+]c2ccnc(F)c2)CCC(Nc2cccc(F)c2)CC1. The first kappa shape index (κ1) is 23.1. The molecular formula is C22H28F2N7O+. The van der Waals surface area contributed by atoms with Gasteiger partial charge in [0.1, 0.15) is 17.1 Å². The minimum absolute atomic E-state index is 0.0232. The van der Waals surface area contributed by atoms with Crippen LogP contribution in [0.4, 0.5) is 20.2 Å². The molecule has 3 rings (SSSR count). The molecule has 0 aliphatic heterocycles. The molecular weight excluding hydrogens is 416 g/mol. The molecule has 0 spiro atoms. The van der Waals surface area contributed by atoms with E-state index in [2.05, 4.69) is 20.6 Å². The Morgan fingerprint density at radius 1 is 1.22 bits per heavy atom. The predicted molar refractivity (Wildman–Crippen MR) is 118 cm³/mol. The van der Waals surface area contributed by atoms with Gasteiger partial charge >= 0.3 is 0 Å². The van der Waals surface area contributed by atoms with E-state index in [-0.39, 0.29) is 23.3 Å². The molecule has 1 aliphatic rings. The number of benzene rings is 1. The normalized spacial score (nSPS) is 21.8. The van der Waals surface area contributed by atoms with E-state index in [1.54, 1.807) is 6.07 Å². The second-order valence-corrected chi connectivity index (χ2v) is 7.89. The van der Waals surface area contributed by atoms with Gasteiger partial charge in [-0.1, -0.05) is 6.07 Å². The molecule has 0 radical (unpaired) electrons. The minimum atomic E-state index is -0.745. The van der Waals surface area contributed by atoms with Crippen LogP contribution in [-0.4, -0.2) is 34.9 Å². The van der Waals surface area contributed by atoms with Crippen molar-refractivity contribution in [3.05, 3.63) is 66.1 Å². The fourth-order valence-corrected chi connectivity index (χ4v) is 3.75. The van der Waals surface area contributed by atoms with Crippen molar-refractivity contribution in [3.63, 3.8) is 0 Å². The van der Waals surface area contributed by atoms with Crippen molar-refractivity contribution in [2.75, 3.05) is 11.9 Å². The Morgan fingerprint density at radius 2 is 1.97 bits per heavy atom. The highest BCUT2D eigenvalue weighted by Crippen LogP contribution is 2.30. The highest BCUT2D eigenvalue weighted by molar-refractivity contribution is 6.17. The van der Waals surface area contributed by atoms with Crippen LogP contribution in [0.25, 0.3) is 0 Å². The van der Waals surface area contributed by atoms with Crippen LogP contribution in [0.1, 0.15) is 25.7 Å². The Hall–Kier alpha value is -3.53. The smallest absolute Gasteiger partial charge is 0.285 e. The van der Waals surface area contributed by atoms with E-state index in [0.717, 1.165) is 37.4 Å². The summed E-state index contributed by atoms with van der Waals surface area (Å²) in [4.78, 5) is 18.2. The van der Waals surface area contributed by atoms with Crippen LogP contribution in [0, 0.1) is 11.8 Å². The number of primary amides is 1. The van der Waals surface area contributed by atoms with Crippen molar-refractivity contribution in [2.24, 2.45) is 17.2 Å². The molecule has 8 nitrogen and oxygen atoms in total. The van der Waals surface area contributed by atoms with Crippen LogP contribution in [0.2, 0.25) is 0 Å². The molecule has 0 atom stereocenters. The Morgan fingerprint density at radius 3 is 2.59 bits per heavy atom. The maximum absolute atomic E-state index is 13.4. The first-order valence-electron chi connectivity index (χ1n) is 10.3. The molecule has 2 aromatic rings. The second-order valence-electron chi connectivity index (χ2n) is 7.89.